The summed E-state index contributed by atoms with van der Waals surface area (Å²) in [5.74, 6) is 0.670. The monoisotopic (exact) mass is 381 g/mol. The largest absolute Gasteiger partial charge is 0.374 e. The Kier molecular flexibility index (Phi) is 4.93. The third-order valence-corrected chi connectivity index (χ3v) is 5.17. The van der Waals surface area contributed by atoms with Gasteiger partial charge in [0.1, 0.15) is 17.8 Å². The minimum atomic E-state index is -3.58. The lowest BCUT2D eigenvalue weighted by Gasteiger charge is -2.20. The van der Waals surface area contributed by atoms with Crippen LogP contribution >= 0.6 is 0 Å². The highest BCUT2D eigenvalue weighted by Crippen LogP contribution is 2.40. The number of H-pyrrole nitrogens is 1. The zero-order valence-corrected chi connectivity index (χ0v) is 15.7. The molecule has 0 bridgehead atoms. The Balaban J connectivity index is 1.90. The molecule has 10 heteroatoms. The van der Waals surface area contributed by atoms with Crippen LogP contribution in [0.1, 0.15) is 17.2 Å². The first-order chi connectivity index (χ1) is 12.2. The van der Waals surface area contributed by atoms with Crippen molar-refractivity contribution in [1.29, 1.82) is 5.41 Å². The van der Waals surface area contributed by atoms with Gasteiger partial charge in [0, 0.05) is 38.7 Å². The smallest absolute Gasteiger partial charge is 0.210 e. The van der Waals surface area contributed by atoms with E-state index in [1.807, 2.05) is 18.2 Å². The Morgan fingerprint density at radius 1 is 1.50 bits per heavy atom. The summed E-state index contributed by atoms with van der Waals surface area (Å²) in [6, 6.07) is 5.84. The molecule has 2 aromatic rings. The van der Waals surface area contributed by atoms with Gasteiger partial charge in [-0.05, 0) is 11.6 Å². The molecule has 0 spiro atoms. The second kappa shape index (κ2) is 6.88. The number of nitrogens with two attached hydrogens (primary N) is 1. The molecule has 1 saturated heterocycles. The molecule has 1 fully saturated rings. The molecular formula is C16H23N5O4S. The molecule has 9 nitrogen and oxygen atoms in total. The number of epoxide rings is 1. The van der Waals surface area contributed by atoms with Crippen molar-refractivity contribution in [3.8, 4) is 0 Å². The number of fused-ring (bicyclic) bond motifs is 1. The van der Waals surface area contributed by atoms with Crippen LogP contribution in [0.2, 0.25) is 0 Å². The Hall–Kier alpha value is -2.14. The lowest BCUT2D eigenvalue weighted by Crippen LogP contribution is -2.33. The molecule has 1 aromatic carbocycles. The van der Waals surface area contributed by atoms with E-state index < -0.39 is 10.0 Å². The van der Waals surface area contributed by atoms with Gasteiger partial charge in [-0.15, -0.1) is 0 Å². The van der Waals surface area contributed by atoms with Gasteiger partial charge in [0.15, 0.2) is 6.29 Å². The molecule has 0 aliphatic carbocycles. The van der Waals surface area contributed by atoms with Gasteiger partial charge in [-0.25, -0.2) is 13.6 Å². The van der Waals surface area contributed by atoms with Crippen LogP contribution in [-0.4, -0.2) is 63.9 Å². The molecule has 1 aromatic heterocycles. The van der Waals surface area contributed by atoms with E-state index in [0.717, 1.165) is 16.5 Å². The maximum Gasteiger partial charge on any atom is 0.210 e. The Morgan fingerprint density at radius 2 is 2.23 bits per heavy atom. The number of anilines is 1. The molecule has 1 aliphatic rings. The summed E-state index contributed by atoms with van der Waals surface area (Å²) in [5, 5.41) is 17.5. The van der Waals surface area contributed by atoms with Crippen LogP contribution in [0.4, 0.5) is 5.82 Å². The number of primary sulfonamides is 1. The second-order valence-corrected chi connectivity index (χ2v) is 7.96. The summed E-state index contributed by atoms with van der Waals surface area (Å²) in [7, 11) is 1.45. The maximum absolute atomic E-state index is 11.2. The molecule has 3 rings (SSSR count). The summed E-state index contributed by atoms with van der Waals surface area (Å²) < 4.78 is 33.0. The number of methoxy groups -OCH3 is 1. The molecule has 2 atom stereocenters. The maximum atomic E-state index is 11.2. The number of nitrogens with one attached hydrogen (secondary N) is 3. The highest BCUT2D eigenvalue weighted by molar-refractivity contribution is 7.89. The van der Waals surface area contributed by atoms with Gasteiger partial charge in [0.05, 0.1) is 11.3 Å². The van der Waals surface area contributed by atoms with Gasteiger partial charge in [-0.1, -0.05) is 12.1 Å². The molecule has 1 unspecified atom stereocenters. The Morgan fingerprint density at radius 3 is 2.81 bits per heavy atom. The van der Waals surface area contributed by atoms with E-state index in [-0.39, 0.29) is 30.5 Å². The van der Waals surface area contributed by atoms with E-state index in [2.05, 4.69) is 10.3 Å². The van der Waals surface area contributed by atoms with Crippen molar-refractivity contribution < 1.29 is 17.9 Å². The Labute approximate surface area is 152 Å². The SMILES string of the molecule is CNc1[nH]c2cc([C@@H]3OC3OC)ccc2c1C(=N)N(C)CCS(N)(=O)=O. The first-order valence-corrected chi connectivity index (χ1v) is 9.79. The van der Waals surface area contributed by atoms with Crippen LogP contribution in [0.15, 0.2) is 18.2 Å². The number of ether oxygens (including phenoxy) is 2. The van der Waals surface area contributed by atoms with Gasteiger partial charge < -0.3 is 24.7 Å². The lowest BCUT2D eigenvalue weighted by atomic mass is 10.1. The van der Waals surface area contributed by atoms with Crippen molar-refractivity contribution >= 4 is 32.6 Å². The molecular weight excluding hydrogens is 358 g/mol. The summed E-state index contributed by atoms with van der Waals surface area (Å²) in [6.45, 7) is 0.136. The average Bonchev–Trinajstić information content (AvgIpc) is 3.30. The van der Waals surface area contributed by atoms with Crippen molar-refractivity contribution in [1.82, 2.24) is 9.88 Å². The molecule has 5 N–H and O–H groups in total. The van der Waals surface area contributed by atoms with Gasteiger partial charge >= 0.3 is 0 Å². The predicted octanol–water partition coefficient (Wildman–Crippen LogP) is 0.799. The first kappa shape index (κ1) is 18.6. The molecule has 26 heavy (non-hydrogen) atoms. The predicted molar refractivity (Wildman–Crippen MR) is 99.9 cm³/mol. The minimum Gasteiger partial charge on any atom is -0.374 e. The quantitative estimate of drug-likeness (QED) is 0.318. The van der Waals surface area contributed by atoms with E-state index >= 15 is 0 Å². The normalized spacial score (nSPS) is 19.5. The van der Waals surface area contributed by atoms with Crippen LogP contribution in [0.3, 0.4) is 0 Å². The van der Waals surface area contributed by atoms with Crippen molar-refractivity contribution in [2.45, 2.75) is 12.4 Å². The zero-order chi connectivity index (χ0) is 19.1. The fourth-order valence-electron chi connectivity index (χ4n) is 2.91. The number of aromatic amines is 1. The number of amidine groups is 1. The number of hydrogen-bond acceptors (Lipinski definition) is 6. The van der Waals surface area contributed by atoms with E-state index in [1.165, 1.54) is 0 Å². The summed E-state index contributed by atoms with van der Waals surface area (Å²) in [6.07, 6.45) is -0.292. The van der Waals surface area contributed by atoms with Crippen LogP contribution in [0, 0.1) is 5.41 Å². The molecule has 2 heterocycles. The highest BCUT2D eigenvalue weighted by Gasteiger charge is 2.40. The summed E-state index contributed by atoms with van der Waals surface area (Å²) in [5.41, 5.74) is 2.52. The summed E-state index contributed by atoms with van der Waals surface area (Å²) >= 11 is 0. The molecule has 1 aliphatic heterocycles. The standard InChI is InChI=1S/C16H23N5O4S/c1-19-15-12(14(17)21(2)6-7-26(18,22)23)10-5-4-9(8-11(10)20-15)13-16(24-3)25-13/h4-5,8,13,16-17,19-20H,6-7H2,1-3H3,(H2,18,22,23)/t13-,16?/m0/s1. The van der Waals surface area contributed by atoms with Crippen molar-refractivity contribution in [2.75, 3.05) is 38.8 Å². The van der Waals surface area contributed by atoms with Crippen LogP contribution in [0.5, 0.6) is 0 Å². The van der Waals surface area contributed by atoms with Gasteiger partial charge in [-0.2, -0.15) is 0 Å². The molecule has 0 saturated carbocycles. The number of benzene rings is 1. The Bertz CT molecular complexity index is 940. The second-order valence-electron chi connectivity index (χ2n) is 6.23. The first-order valence-electron chi connectivity index (χ1n) is 8.07. The third kappa shape index (κ3) is 3.68. The topological polar surface area (TPSA) is 137 Å². The average molecular weight is 381 g/mol. The van der Waals surface area contributed by atoms with E-state index in [4.69, 9.17) is 20.0 Å². The van der Waals surface area contributed by atoms with E-state index in [1.54, 1.807) is 26.1 Å². The van der Waals surface area contributed by atoms with Crippen LogP contribution in [0.25, 0.3) is 10.9 Å². The number of aromatic nitrogens is 1. The molecule has 0 amide bonds. The van der Waals surface area contributed by atoms with E-state index in [9.17, 15) is 8.42 Å². The van der Waals surface area contributed by atoms with Gasteiger partial charge in [0.25, 0.3) is 0 Å². The minimum absolute atomic E-state index is 0.0777. The molecule has 0 radical (unpaired) electrons. The number of nitrogens with zero attached hydrogens (tertiary/aromatic N) is 1. The van der Waals surface area contributed by atoms with Crippen molar-refractivity contribution in [3.63, 3.8) is 0 Å². The molecule has 142 valence electrons. The zero-order valence-electron chi connectivity index (χ0n) is 14.9. The van der Waals surface area contributed by atoms with Gasteiger partial charge in [0.2, 0.25) is 10.0 Å². The van der Waals surface area contributed by atoms with Crippen LogP contribution < -0.4 is 10.5 Å². The van der Waals surface area contributed by atoms with Crippen molar-refractivity contribution in [3.05, 3.63) is 29.3 Å². The number of rotatable bonds is 7. The van der Waals surface area contributed by atoms with E-state index in [0.29, 0.717) is 11.4 Å². The number of sulfonamides is 1. The lowest BCUT2D eigenvalue weighted by molar-refractivity contribution is 0.0950. The fraction of sp³-hybridized carbons (Fsp3) is 0.438. The highest BCUT2D eigenvalue weighted by atomic mass is 32.2. The van der Waals surface area contributed by atoms with Crippen molar-refractivity contribution in [2.24, 2.45) is 5.14 Å². The third-order valence-electron chi connectivity index (χ3n) is 4.41. The fourth-order valence-corrected chi connectivity index (χ4v) is 3.43. The summed E-state index contributed by atoms with van der Waals surface area (Å²) in [4.78, 5) is 4.82. The number of hydrogen-bond donors (Lipinski definition) is 4. The van der Waals surface area contributed by atoms with Crippen LogP contribution in [-0.2, 0) is 19.5 Å². The van der Waals surface area contributed by atoms with Gasteiger partial charge in [-0.3, -0.25) is 5.41 Å².